The minimum absolute atomic E-state index is 0.0693. The van der Waals surface area contributed by atoms with Gasteiger partial charge in [-0.3, -0.25) is 4.18 Å². The van der Waals surface area contributed by atoms with Gasteiger partial charge in [0.15, 0.2) is 6.29 Å². The summed E-state index contributed by atoms with van der Waals surface area (Å²) in [6.07, 6.45) is -2.06. The van der Waals surface area contributed by atoms with Crippen LogP contribution in [0.1, 0.15) is 29.4 Å². The number of hydrogen-bond acceptors (Lipinski definition) is 7. The Morgan fingerprint density at radius 2 is 1.61 bits per heavy atom. The van der Waals surface area contributed by atoms with Gasteiger partial charge in [-0.25, -0.2) is 0 Å². The van der Waals surface area contributed by atoms with Crippen LogP contribution < -0.4 is 0 Å². The zero-order chi connectivity index (χ0) is 26.5. The van der Waals surface area contributed by atoms with E-state index in [2.05, 4.69) is 6.58 Å². The van der Waals surface area contributed by atoms with E-state index in [1.807, 2.05) is 67.6 Å². The molecular weight excluding hydrogens is 504 g/mol. The molecule has 8 heteroatoms. The molecule has 200 valence electrons. The summed E-state index contributed by atoms with van der Waals surface area (Å²) >= 11 is 0. The second-order valence-electron chi connectivity index (χ2n) is 9.50. The number of ether oxygens (including phenoxy) is 4. The Hall–Kier alpha value is -2.85. The van der Waals surface area contributed by atoms with Gasteiger partial charge in [0.25, 0.3) is 10.1 Å². The Kier molecular flexibility index (Phi) is 8.38. The molecule has 0 saturated carbocycles. The summed E-state index contributed by atoms with van der Waals surface area (Å²) in [6, 6.07) is 25.7. The van der Waals surface area contributed by atoms with Crippen molar-refractivity contribution in [3.8, 4) is 0 Å². The summed E-state index contributed by atoms with van der Waals surface area (Å²) in [7, 11) is -4.15. The lowest BCUT2D eigenvalue weighted by atomic mass is 9.92. The Morgan fingerprint density at radius 1 is 0.921 bits per heavy atom. The molecule has 0 aromatic heterocycles. The lowest BCUT2D eigenvalue weighted by Gasteiger charge is -2.48. The van der Waals surface area contributed by atoms with Gasteiger partial charge >= 0.3 is 0 Å². The Morgan fingerprint density at radius 3 is 2.29 bits per heavy atom. The van der Waals surface area contributed by atoms with Crippen molar-refractivity contribution in [3.05, 3.63) is 114 Å². The summed E-state index contributed by atoms with van der Waals surface area (Å²) in [5.74, 6) is 0. The second-order valence-corrected chi connectivity index (χ2v) is 11.1. The normalized spacial score (nSPS) is 27.4. The van der Waals surface area contributed by atoms with Gasteiger partial charge in [-0.2, -0.15) is 8.42 Å². The van der Waals surface area contributed by atoms with Crippen LogP contribution in [0.2, 0.25) is 0 Å². The molecule has 2 fully saturated rings. The molecule has 3 aromatic carbocycles. The van der Waals surface area contributed by atoms with Crippen LogP contribution in [-0.4, -0.2) is 45.5 Å². The van der Waals surface area contributed by atoms with Gasteiger partial charge in [-0.1, -0.05) is 84.4 Å². The Bertz CT molecular complexity index is 1300. The van der Waals surface area contributed by atoms with Gasteiger partial charge in [0.1, 0.15) is 24.4 Å². The first-order chi connectivity index (χ1) is 18.4. The third-order valence-corrected chi connectivity index (χ3v) is 8.05. The van der Waals surface area contributed by atoms with Crippen LogP contribution in [0.4, 0.5) is 0 Å². The molecular formula is C30H32O7S. The largest absolute Gasteiger partial charge is 0.368 e. The number of fused-ring (bicyclic) bond motifs is 1. The van der Waals surface area contributed by atoms with E-state index >= 15 is 0 Å². The predicted molar refractivity (Wildman–Crippen MR) is 142 cm³/mol. The van der Waals surface area contributed by atoms with Crippen LogP contribution in [0.15, 0.2) is 102 Å². The van der Waals surface area contributed by atoms with Gasteiger partial charge in [0, 0.05) is 5.56 Å². The number of rotatable bonds is 9. The maximum atomic E-state index is 13.5. The average Bonchev–Trinajstić information content (AvgIpc) is 2.94. The minimum atomic E-state index is -4.15. The van der Waals surface area contributed by atoms with E-state index in [0.717, 1.165) is 16.7 Å². The summed E-state index contributed by atoms with van der Waals surface area (Å²) in [5, 5.41) is 0. The number of aryl methyl sites for hydroxylation is 1. The van der Waals surface area contributed by atoms with Crippen molar-refractivity contribution in [3.63, 3.8) is 0 Å². The summed E-state index contributed by atoms with van der Waals surface area (Å²) in [4.78, 5) is 0.0693. The fourth-order valence-corrected chi connectivity index (χ4v) is 5.87. The summed E-state index contributed by atoms with van der Waals surface area (Å²) < 4.78 is 58.0. The van der Waals surface area contributed by atoms with Crippen molar-refractivity contribution in [1.29, 1.82) is 0 Å². The molecule has 0 N–H and O–H groups in total. The lowest BCUT2D eigenvalue weighted by Crippen LogP contribution is -2.63. The molecule has 7 nitrogen and oxygen atoms in total. The molecule has 2 heterocycles. The molecule has 2 saturated heterocycles. The average molecular weight is 537 g/mol. The van der Waals surface area contributed by atoms with Crippen molar-refractivity contribution in [2.45, 2.75) is 61.7 Å². The van der Waals surface area contributed by atoms with Crippen LogP contribution in [-0.2, 0) is 39.9 Å². The molecule has 0 bridgehead atoms. The number of hydrogen-bond donors (Lipinski definition) is 0. The molecule has 0 amide bonds. The quantitative estimate of drug-likeness (QED) is 0.278. The molecule has 2 aliphatic heterocycles. The first-order valence-electron chi connectivity index (χ1n) is 12.7. The van der Waals surface area contributed by atoms with E-state index in [1.54, 1.807) is 30.3 Å². The van der Waals surface area contributed by atoms with Gasteiger partial charge in [0.05, 0.1) is 24.2 Å². The van der Waals surface area contributed by atoms with Crippen molar-refractivity contribution >= 4 is 10.1 Å². The van der Waals surface area contributed by atoms with E-state index < -0.39 is 46.9 Å². The fourth-order valence-electron chi connectivity index (χ4n) is 4.78. The fraction of sp³-hybridized carbons (Fsp3) is 0.333. The zero-order valence-corrected chi connectivity index (χ0v) is 22.0. The lowest BCUT2D eigenvalue weighted by molar-refractivity contribution is -0.328. The van der Waals surface area contributed by atoms with E-state index in [0.29, 0.717) is 6.42 Å². The highest BCUT2D eigenvalue weighted by atomic mass is 32.2. The van der Waals surface area contributed by atoms with Gasteiger partial charge in [0.2, 0.25) is 0 Å². The van der Waals surface area contributed by atoms with Crippen molar-refractivity contribution in [2.75, 3.05) is 6.61 Å². The topological polar surface area (TPSA) is 80.3 Å². The van der Waals surface area contributed by atoms with Crippen molar-refractivity contribution < 1.29 is 31.5 Å². The first-order valence-corrected chi connectivity index (χ1v) is 14.1. The molecule has 38 heavy (non-hydrogen) atoms. The van der Waals surface area contributed by atoms with Gasteiger partial charge < -0.3 is 18.9 Å². The SMILES string of the molecule is C=CC[C@H]1O[C@@H]2CO[C@@H](c3ccccc3)O[C@H]2[C@H](OS(=O)(=O)c2ccc(C)cc2)[C@@H]1OCc1ccccc1. The molecule has 2 aliphatic rings. The van der Waals surface area contributed by atoms with Crippen LogP contribution in [0.25, 0.3) is 0 Å². The Labute approximate surface area is 224 Å². The van der Waals surface area contributed by atoms with Crippen LogP contribution in [0.5, 0.6) is 0 Å². The molecule has 0 aliphatic carbocycles. The highest BCUT2D eigenvalue weighted by Gasteiger charge is 2.52. The minimum Gasteiger partial charge on any atom is -0.368 e. The third-order valence-electron chi connectivity index (χ3n) is 6.73. The molecule has 0 spiro atoms. The smallest absolute Gasteiger partial charge is 0.297 e. The zero-order valence-electron chi connectivity index (χ0n) is 21.2. The van der Waals surface area contributed by atoms with Gasteiger partial charge in [-0.15, -0.1) is 6.58 Å². The van der Waals surface area contributed by atoms with E-state index in [4.69, 9.17) is 23.1 Å². The highest BCUT2D eigenvalue weighted by Crippen LogP contribution is 2.38. The van der Waals surface area contributed by atoms with Crippen molar-refractivity contribution in [1.82, 2.24) is 0 Å². The van der Waals surface area contributed by atoms with Gasteiger partial charge in [-0.05, 0) is 31.0 Å². The summed E-state index contributed by atoms with van der Waals surface area (Å²) in [6.45, 7) is 6.23. The molecule has 0 radical (unpaired) electrons. The van der Waals surface area contributed by atoms with E-state index in [-0.39, 0.29) is 18.1 Å². The predicted octanol–water partition coefficient (Wildman–Crippen LogP) is 5.11. The van der Waals surface area contributed by atoms with E-state index in [9.17, 15) is 8.42 Å². The monoisotopic (exact) mass is 536 g/mol. The maximum Gasteiger partial charge on any atom is 0.297 e. The van der Waals surface area contributed by atoms with E-state index in [1.165, 1.54) is 0 Å². The summed E-state index contributed by atoms with van der Waals surface area (Å²) in [5.41, 5.74) is 2.71. The highest BCUT2D eigenvalue weighted by molar-refractivity contribution is 7.86. The standard InChI is InChI=1S/C30H32O7S/c1-3-10-25-27(33-19-22-11-6-4-7-12-22)29(37-38(31,32)24-17-15-21(2)16-18-24)28-26(35-25)20-34-30(36-28)23-13-8-5-9-14-23/h3-9,11-18,25-30H,1,10,19-20H2,2H3/t25-,26-,27-,28-,29-,30-/m1/s1. The third kappa shape index (κ3) is 6.07. The molecule has 0 unspecified atom stereocenters. The second kappa shape index (κ2) is 11.9. The van der Waals surface area contributed by atoms with Crippen LogP contribution in [0.3, 0.4) is 0 Å². The van der Waals surface area contributed by atoms with Crippen LogP contribution >= 0.6 is 0 Å². The number of benzene rings is 3. The molecule has 6 atom stereocenters. The molecule has 3 aromatic rings. The Balaban J connectivity index is 1.48. The first kappa shape index (κ1) is 26.7. The van der Waals surface area contributed by atoms with Crippen LogP contribution in [0, 0.1) is 6.92 Å². The maximum absolute atomic E-state index is 13.5. The molecule has 5 rings (SSSR count). The van der Waals surface area contributed by atoms with Crippen molar-refractivity contribution in [2.24, 2.45) is 0 Å².